The molecule has 0 saturated carbocycles. The highest BCUT2D eigenvalue weighted by molar-refractivity contribution is 9.10. The van der Waals surface area contributed by atoms with Crippen LogP contribution < -0.4 is 5.73 Å². The number of benzene rings is 1. The number of ether oxygens (including phenoxy) is 1. The van der Waals surface area contributed by atoms with E-state index in [0.717, 1.165) is 16.0 Å². The Morgan fingerprint density at radius 3 is 2.60 bits per heavy atom. The maximum Gasteiger partial charge on any atom is 0.329 e. The Labute approximate surface area is 236 Å². The van der Waals surface area contributed by atoms with Gasteiger partial charge in [0.1, 0.15) is 47.3 Å². The van der Waals surface area contributed by atoms with Gasteiger partial charge in [-0.25, -0.2) is 24.1 Å². The van der Waals surface area contributed by atoms with E-state index in [1.807, 2.05) is 6.07 Å². The van der Waals surface area contributed by atoms with Crippen molar-refractivity contribution in [3.05, 3.63) is 64.4 Å². The van der Waals surface area contributed by atoms with Gasteiger partial charge < -0.3 is 15.4 Å². The number of anilines is 1. The van der Waals surface area contributed by atoms with Gasteiger partial charge in [-0.1, -0.05) is 6.07 Å². The standard InChI is InChI=1S/C27H25BrFN7O4/c1-14(37)25-20-7-16(18-9-31-15(2)32-10-18)3-5-21(20)36(34-25)12-24(38)35-11-19(29)8-22(35)27(39)40-13-17-4-6-23(28)33-26(17)30/h3-7,9-10,19,22H,8,11-13H2,1-2H3,(H2,30,33)/t19-,22-/m1/s1. The molecule has 3 aromatic heterocycles. The van der Waals surface area contributed by atoms with E-state index in [2.05, 4.69) is 36.0 Å². The molecule has 5 rings (SSSR count). The molecule has 0 aliphatic carbocycles. The normalized spacial score (nSPS) is 16.9. The Morgan fingerprint density at radius 2 is 1.90 bits per heavy atom. The summed E-state index contributed by atoms with van der Waals surface area (Å²) in [6.45, 7) is 2.46. The molecular weight excluding hydrogens is 585 g/mol. The highest BCUT2D eigenvalue weighted by Gasteiger charge is 2.41. The lowest BCUT2D eigenvalue weighted by Gasteiger charge is -2.23. The number of alkyl halides is 1. The van der Waals surface area contributed by atoms with Crippen LogP contribution in [0.1, 0.15) is 35.2 Å². The number of carbonyl (C=O) groups excluding carboxylic acids is 3. The van der Waals surface area contributed by atoms with Crippen molar-refractivity contribution < 1.29 is 23.5 Å². The number of amides is 1. The molecule has 11 nitrogen and oxygen atoms in total. The summed E-state index contributed by atoms with van der Waals surface area (Å²) in [4.78, 5) is 52.3. The lowest BCUT2D eigenvalue weighted by atomic mass is 10.0. The molecule has 0 spiro atoms. The number of ketones is 1. The van der Waals surface area contributed by atoms with E-state index in [4.69, 9.17) is 10.5 Å². The molecule has 1 saturated heterocycles. The molecule has 1 aromatic carbocycles. The third-order valence-electron chi connectivity index (χ3n) is 6.67. The molecule has 13 heteroatoms. The number of hydrogen-bond donors (Lipinski definition) is 1. The minimum absolute atomic E-state index is 0.166. The third kappa shape index (κ3) is 5.55. The summed E-state index contributed by atoms with van der Waals surface area (Å²) < 4.78 is 21.7. The van der Waals surface area contributed by atoms with E-state index < -0.39 is 24.1 Å². The van der Waals surface area contributed by atoms with Crippen LogP contribution >= 0.6 is 15.9 Å². The zero-order valence-electron chi connectivity index (χ0n) is 21.7. The summed E-state index contributed by atoms with van der Waals surface area (Å²) in [5.41, 5.74) is 8.64. The van der Waals surface area contributed by atoms with E-state index in [0.29, 0.717) is 26.9 Å². The number of nitrogen functional groups attached to an aromatic ring is 1. The van der Waals surface area contributed by atoms with E-state index in [9.17, 15) is 18.8 Å². The number of Topliss-reactive ketones (excluding diaryl/α,β-unsaturated/α-hetero) is 1. The molecule has 40 heavy (non-hydrogen) atoms. The molecule has 1 aliphatic heterocycles. The van der Waals surface area contributed by atoms with Gasteiger partial charge in [-0.15, -0.1) is 0 Å². The third-order valence-corrected chi connectivity index (χ3v) is 7.12. The SMILES string of the molecule is CC(=O)c1nn(CC(=O)N2C[C@H](F)C[C@@H]2C(=O)OCc2ccc(Br)nc2N)c2ccc(-c3cnc(C)nc3)cc12. The van der Waals surface area contributed by atoms with Crippen LogP contribution in [0.25, 0.3) is 22.0 Å². The van der Waals surface area contributed by atoms with Gasteiger partial charge in [0.2, 0.25) is 5.91 Å². The summed E-state index contributed by atoms with van der Waals surface area (Å²) in [5.74, 6) is -0.718. The first-order valence-electron chi connectivity index (χ1n) is 12.4. The highest BCUT2D eigenvalue weighted by Crippen LogP contribution is 2.28. The van der Waals surface area contributed by atoms with Crippen LogP contribution in [0.15, 0.2) is 47.3 Å². The summed E-state index contributed by atoms with van der Waals surface area (Å²) in [6, 6.07) is 7.58. The number of rotatable bonds is 7. The number of carbonyl (C=O) groups is 3. The second-order valence-corrected chi connectivity index (χ2v) is 10.3. The fourth-order valence-corrected chi connectivity index (χ4v) is 4.95. The van der Waals surface area contributed by atoms with Crippen LogP contribution in [-0.4, -0.2) is 66.1 Å². The first-order valence-corrected chi connectivity index (χ1v) is 13.2. The molecule has 0 bridgehead atoms. The van der Waals surface area contributed by atoms with Crippen LogP contribution in [0.5, 0.6) is 0 Å². The monoisotopic (exact) mass is 609 g/mol. The number of nitrogens with zero attached hydrogens (tertiary/aromatic N) is 6. The average molecular weight is 610 g/mol. The molecule has 4 heterocycles. The molecule has 0 radical (unpaired) electrons. The number of fused-ring (bicyclic) bond motifs is 1. The molecule has 0 unspecified atom stereocenters. The van der Waals surface area contributed by atoms with Crippen molar-refractivity contribution in [1.29, 1.82) is 0 Å². The van der Waals surface area contributed by atoms with Crippen molar-refractivity contribution in [2.24, 2.45) is 0 Å². The summed E-state index contributed by atoms with van der Waals surface area (Å²) in [6.07, 6.45) is 1.81. The number of likely N-dealkylation sites (tertiary alicyclic amines) is 1. The van der Waals surface area contributed by atoms with Crippen LogP contribution in [0, 0.1) is 6.92 Å². The second kappa shape index (κ2) is 11.1. The molecule has 206 valence electrons. The van der Waals surface area contributed by atoms with Gasteiger partial charge in [0.15, 0.2) is 5.78 Å². The van der Waals surface area contributed by atoms with Crippen molar-refractivity contribution in [3.63, 3.8) is 0 Å². The van der Waals surface area contributed by atoms with Gasteiger partial charge in [0, 0.05) is 42.3 Å². The lowest BCUT2D eigenvalue weighted by molar-refractivity contribution is -0.154. The van der Waals surface area contributed by atoms with Crippen LogP contribution in [0.4, 0.5) is 10.2 Å². The topological polar surface area (TPSA) is 146 Å². The number of nitrogens with two attached hydrogens (primary N) is 1. The van der Waals surface area contributed by atoms with Gasteiger partial charge in [0.05, 0.1) is 12.1 Å². The number of aryl methyl sites for hydroxylation is 1. The first kappa shape index (κ1) is 27.3. The van der Waals surface area contributed by atoms with Crippen molar-refractivity contribution >= 4 is 50.3 Å². The molecule has 1 fully saturated rings. The van der Waals surface area contributed by atoms with Crippen molar-refractivity contribution in [2.45, 2.75) is 45.6 Å². The van der Waals surface area contributed by atoms with Gasteiger partial charge in [0.25, 0.3) is 0 Å². The number of aromatic nitrogens is 5. The van der Waals surface area contributed by atoms with Crippen LogP contribution in [0.2, 0.25) is 0 Å². The maximum atomic E-state index is 14.4. The lowest BCUT2D eigenvalue weighted by Crippen LogP contribution is -2.43. The number of pyridine rings is 1. The smallest absolute Gasteiger partial charge is 0.329 e. The Balaban J connectivity index is 1.36. The fourth-order valence-electron chi connectivity index (χ4n) is 4.63. The number of esters is 1. The van der Waals surface area contributed by atoms with Crippen LogP contribution in [0.3, 0.4) is 0 Å². The van der Waals surface area contributed by atoms with Gasteiger partial charge in [-0.2, -0.15) is 5.10 Å². The molecule has 1 aliphatic rings. The predicted molar refractivity (Wildman–Crippen MR) is 147 cm³/mol. The number of halogens is 2. The van der Waals surface area contributed by atoms with Gasteiger partial charge in [-0.3, -0.25) is 14.3 Å². The molecule has 2 atom stereocenters. The van der Waals surface area contributed by atoms with E-state index >= 15 is 0 Å². The van der Waals surface area contributed by atoms with Crippen molar-refractivity contribution in [2.75, 3.05) is 12.3 Å². The first-order chi connectivity index (χ1) is 19.1. The minimum atomic E-state index is -1.39. The van der Waals surface area contributed by atoms with Gasteiger partial charge in [-0.05, 0) is 52.7 Å². The zero-order chi connectivity index (χ0) is 28.6. The highest BCUT2D eigenvalue weighted by atomic mass is 79.9. The van der Waals surface area contributed by atoms with E-state index in [1.54, 1.807) is 43.6 Å². The summed E-state index contributed by atoms with van der Waals surface area (Å²) in [7, 11) is 0. The minimum Gasteiger partial charge on any atom is -0.459 e. The predicted octanol–water partition coefficient (Wildman–Crippen LogP) is 3.43. The Hall–Kier alpha value is -4.26. The van der Waals surface area contributed by atoms with E-state index in [-0.39, 0.29) is 43.4 Å². The molecule has 2 N–H and O–H groups in total. The maximum absolute atomic E-state index is 14.4. The Bertz CT molecular complexity index is 1630. The van der Waals surface area contributed by atoms with Crippen molar-refractivity contribution in [1.82, 2.24) is 29.6 Å². The summed E-state index contributed by atoms with van der Waals surface area (Å²) >= 11 is 3.21. The molecule has 4 aromatic rings. The quantitative estimate of drug-likeness (QED) is 0.189. The zero-order valence-corrected chi connectivity index (χ0v) is 23.3. The van der Waals surface area contributed by atoms with Crippen molar-refractivity contribution in [3.8, 4) is 11.1 Å². The van der Waals surface area contributed by atoms with Gasteiger partial charge >= 0.3 is 5.97 Å². The fraction of sp³-hybridized carbons (Fsp3) is 0.296. The van der Waals surface area contributed by atoms with E-state index in [1.165, 1.54) is 11.6 Å². The molecular formula is C27H25BrFN7O4. The summed E-state index contributed by atoms with van der Waals surface area (Å²) in [5, 5.41) is 4.94. The average Bonchev–Trinajstić information content (AvgIpc) is 3.49. The largest absolute Gasteiger partial charge is 0.459 e. The number of hydrogen-bond acceptors (Lipinski definition) is 9. The second-order valence-electron chi connectivity index (χ2n) is 9.49. The van der Waals surface area contributed by atoms with Crippen LogP contribution in [-0.2, 0) is 27.5 Å². The molecule has 1 amide bonds. The Morgan fingerprint density at radius 1 is 1.15 bits per heavy atom. The Kier molecular flexibility index (Phi) is 7.57.